The number of nitrogens with zero attached hydrogens (tertiary/aromatic N) is 1. The second kappa shape index (κ2) is 5.91. The van der Waals surface area contributed by atoms with E-state index in [1.165, 1.54) is 0 Å². The Morgan fingerprint density at radius 3 is 2.74 bits per heavy atom. The first-order chi connectivity index (χ1) is 9.00. The molecular formula is C16H25FN2. The number of benzene rings is 1. The van der Waals surface area contributed by atoms with Gasteiger partial charge in [0.15, 0.2) is 0 Å². The van der Waals surface area contributed by atoms with E-state index in [1.54, 1.807) is 12.1 Å². The number of hydrogen-bond acceptors (Lipinski definition) is 2. The normalized spacial score (nSPS) is 21.2. The fraction of sp³-hybridized carbons (Fsp3) is 0.625. The van der Waals surface area contributed by atoms with Crippen molar-refractivity contribution in [2.45, 2.75) is 52.1 Å². The molecule has 0 spiro atoms. The molecular weight excluding hydrogens is 239 g/mol. The molecule has 3 heteroatoms. The Hall–Kier alpha value is -1.09. The van der Waals surface area contributed by atoms with Crippen LogP contribution in [0.15, 0.2) is 18.2 Å². The standard InChI is InChI=1S/C16H25FN2/c1-11(2)15-8-5-9-19(15)16-13(10-12(3)18)6-4-7-14(16)17/h4,6-7,11-12,15H,5,8-10,18H2,1-3H3. The zero-order valence-corrected chi connectivity index (χ0v) is 12.2. The van der Waals surface area contributed by atoms with E-state index in [2.05, 4.69) is 18.7 Å². The average molecular weight is 264 g/mol. The zero-order chi connectivity index (χ0) is 14.0. The van der Waals surface area contributed by atoms with Gasteiger partial charge in [0, 0.05) is 18.6 Å². The number of hydrogen-bond donors (Lipinski definition) is 1. The molecule has 2 unspecified atom stereocenters. The van der Waals surface area contributed by atoms with Gasteiger partial charge in [0.25, 0.3) is 0 Å². The van der Waals surface area contributed by atoms with Gasteiger partial charge in [-0.15, -0.1) is 0 Å². The first-order valence-electron chi connectivity index (χ1n) is 7.30. The first kappa shape index (κ1) is 14.3. The van der Waals surface area contributed by atoms with Crippen molar-refractivity contribution in [1.82, 2.24) is 0 Å². The van der Waals surface area contributed by atoms with Gasteiger partial charge in [0.05, 0.1) is 5.69 Å². The molecule has 2 atom stereocenters. The molecule has 0 radical (unpaired) electrons. The highest BCUT2D eigenvalue weighted by Gasteiger charge is 2.30. The summed E-state index contributed by atoms with van der Waals surface area (Å²) >= 11 is 0. The number of para-hydroxylation sites is 1. The summed E-state index contributed by atoms with van der Waals surface area (Å²) in [6.07, 6.45) is 3.03. The van der Waals surface area contributed by atoms with E-state index in [0.717, 1.165) is 37.1 Å². The second-order valence-electron chi connectivity index (χ2n) is 6.08. The van der Waals surface area contributed by atoms with Crippen LogP contribution in [0.4, 0.5) is 10.1 Å². The fourth-order valence-corrected chi connectivity index (χ4v) is 3.16. The Kier molecular flexibility index (Phi) is 4.46. The summed E-state index contributed by atoms with van der Waals surface area (Å²) in [6.45, 7) is 7.36. The van der Waals surface area contributed by atoms with Crippen LogP contribution >= 0.6 is 0 Å². The molecule has 0 amide bonds. The van der Waals surface area contributed by atoms with Gasteiger partial charge in [0.2, 0.25) is 0 Å². The van der Waals surface area contributed by atoms with Crippen LogP contribution < -0.4 is 10.6 Å². The maximum absolute atomic E-state index is 14.3. The zero-order valence-electron chi connectivity index (χ0n) is 12.2. The maximum Gasteiger partial charge on any atom is 0.146 e. The molecule has 1 saturated heterocycles. The van der Waals surface area contributed by atoms with Crippen LogP contribution in [0.5, 0.6) is 0 Å². The van der Waals surface area contributed by atoms with Gasteiger partial charge in [-0.1, -0.05) is 26.0 Å². The van der Waals surface area contributed by atoms with Crippen molar-refractivity contribution in [1.29, 1.82) is 0 Å². The quantitative estimate of drug-likeness (QED) is 0.903. The molecule has 0 saturated carbocycles. The SMILES string of the molecule is CC(N)Cc1cccc(F)c1N1CCCC1C(C)C. The Labute approximate surface area is 115 Å². The fourth-order valence-electron chi connectivity index (χ4n) is 3.16. The third kappa shape index (κ3) is 3.08. The van der Waals surface area contributed by atoms with Gasteiger partial charge in [-0.05, 0) is 43.7 Å². The molecule has 1 aliphatic rings. The Morgan fingerprint density at radius 2 is 2.11 bits per heavy atom. The Bertz CT molecular complexity index is 429. The predicted molar refractivity (Wildman–Crippen MR) is 79.0 cm³/mol. The van der Waals surface area contributed by atoms with E-state index in [0.29, 0.717) is 12.0 Å². The molecule has 1 aromatic carbocycles. The summed E-state index contributed by atoms with van der Waals surface area (Å²) in [6, 6.07) is 5.87. The summed E-state index contributed by atoms with van der Waals surface area (Å²) in [5, 5.41) is 0. The third-order valence-electron chi connectivity index (χ3n) is 3.97. The molecule has 0 bridgehead atoms. The molecule has 1 fully saturated rings. The van der Waals surface area contributed by atoms with Crippen molar-refractivity contribution in [3.63, 3.8) is 0 Å². The topological polar surface area (TPSA) is 29.3 Å². The summed E-state index contributed by atoms with van der Waals surface area (Å²) in [7, 11) is 0. The lowest BCUT2D eigenvalue weighted by Gasteiger charge is -2.32. The van der Waals surface area contributed by atoms with Crippen molar-refractivity contribution in [2.24, 2.45) is 11.7 Å². The second-order valence-corrected chi connectivity index (χ2v) is 6.08. The maximum atomic E-state index is 14.3. The van der Waals surface area contributed by atoms with Gasteiger partial charge >= 0.3 is 0 Å². The minimum atomic E-state index is -0.106. The lowest BCUT2D eigenvalue weighted by Crippen LogP contribution is -2.35. The number of halogens is 1. The average Bonchev–Trinajstić information content (AvgIpc) is 2.77. The van der Waals surface area contributed by atoms with Gasteiger partial charge in [-0.25, -0.2) is 4.39 Å². The number of anilines is 1. The molecule has 0 aliphatic carbocycles. The van der Waals surface area contributed by atoms with Crippen LogP contribution in [0.3, 0.4) is 0 Å². The highest BCUT2D eigenvalue weighted by atomic mass is 19.1. The molecule has 1 heterocycles. The lowest BCUT2D eigenvalue weighted by molar-refractivity contribution is 0.484. The van der Waals surface area contributed by atoms with Gasteiger partial charge in [-0.3, -0.25) is 0 Å². The molecule has 2 N–H and O–H groups in total. The van der Waals surface area contributed by atoms with Crippen LogP contribution in [-0.4, -0.2) is 18.6 Å². The van der Waals surface area contributed by atoms with E-state index in [9.17, 15) is 4.39 Å². The van der Waals surface area contributed by atoms with Crippen molar-refractivity contribution < 1.29 is 4.39 Å². The summed E-state index contributed by atoms with van der Waals surface area (Å²) in [4.78, 5) is 2.26. The minimum Gasteiger partial charge on any atom is -0.366 e. The van der Waals surface area contributed by atoms with Gasteiger partial charge in [-0.2, -0.15) is 0 Å². The van der Waals surface area contributed by atoms with Crippen molar-refractivity contribution in [2.75, 3.05) is 11.4 Å². The van der Waals surface area contributed by atoms with Crippen LogP contribution in [0, 0.1) is 11.7 Å². The molecule has 19 heavy (non-hydrogen) atoms. The van der Waals surface area contributed by atoms with Crippen molar-refractivity contribution in [3.05, 3.63) is 29.6 Å². The summed E-state index contributed by atoms with van der Waals surface area (Å²) < 4.78 is 14.3. The third-order valence-corrected chi connectivity index (χ3v) is 3.97. The van der Waals surface area contributed by atoms with Crippen LogP contribution in [0.2, 0.25) is 0 Å². The predicted octanol–water partition coefficient (Wildman–Crippen LogP) is 3.34. The minimum absolute atomic E-state index is 0.0562. The number of nitrogens with two attached hydrogens (primary N) is 1. The highest BCUT2D eigenvalue weighted by Crippen LogP contribution is 2.34. The molecule has 1 aliphatic heterocycles. The molecule has 0 aromatic heterocycles. The van der Waals surface area contributed by atoms with Crippen molar-refractivity contribution in [3.8, 4) is 0 Å². The summed E-state index contributed by atoms with van der Waals surface area (Å²) in [5.41, 5.74) is 7.73. The van der Waals surface area contributed by atoms with E-state index < -0.39 is 0 Å². The first-order valence-corrected chi connectivity index (χ1v) is 7.30. The van der Waals surface area contributed by atoms with Crippen LogP contribution in [0.25, 0.3) is 0 Å². The van der Waals surface area contributed by atoms with Gasteiger partial charge < -0.3 is 10.6 Å². The largest absolute Gasteiger partial charge is 0.366 e. The molecule has 1 aromatic rings. The molecule has 2 rings (SSSR count). The van der Waals surface area contributed by atoms with E-state index in [1.807, 2.05) is 13.0 Å². The lowest BCUT2D eigenvalue weighted by atomic mass is 9.99. The Balaban J connectivity index is 2.37. The summed E-state index contributed by atoms with van der Waals surface area (Å²) in [5.74, 6) is 0.441. The molecule has 106 valence electrons. The smallest absolute Gasteiger partial charge is 0.146 e. The van der Waals surface area contributed by atoms with E-state index in [4.69, 9.17) is 5.73 Å². The highest BCUT2D eigenvalue weighted by molar-refractivity contribution is 5.56. The van der Waals surface area contributed by atoms with Crippen molar-refractivity contribution >= 4 is 5.69 Å². The van der Waals surface area contributed by atoms with Crippen LogP contribution in [-0.2, 0) is 6.42 Å². The van der Waals surface area contributed by atoms with E-state index >= 15 is 0 Å². The number of rotatable bonds is 4. The monoisotopic (exact) mass is 264 g/mol. The van der Waals surface area contributed by atoms with E-state index in [-0.39, 0.29) is 11.9 Å². The van der Waals surface area contributed by atoms with Gasteiger partial charge in [0.1, 0.15) is 5.82 Å². The Morgan fingerprint density at radius 1 is 1.37 bits per heavy atom. The molecule has 2 nitrogen and oxygen atoms in total. The van der Waals surface area contributed by atoms with Crippen LogP contribution in [0.1, 0.15) is 39.2 Å².